The number of amides is 1. The van der Waals surface area contributed by atoms with Crippen molar-refractivity contribution in [2.45, 2.75) is 30.9 Å². The van der Waals surface area contributed by atoms with Gasteiger partial charge in [0, 0.05) is 49.9 Å². The summed E-state index contributed by atoms with van der Waals surface area (Å²) in [5, 5.41) is 12.2. The largest absolute Gasteiger partial charge is 0.392 e. The number of likely N-dealkylation sites (N-methyl/N-ethyl adjacent to an activating group) is 1. The fourth-order valence-corrected chi connectivity index (χ4v) is 3.98. The number of hydrogen-bond donors (Lipinski definition) is 2. The van der Waals surface area contributed by atoms with E-state index in [1.54, 1.807) is 6.92 Å². The van der Waals surface area contributed by atoms with E-state index in [4.69, 9.17) is 11.6 Å². The number of aliphatic hydroxyl groups excluding tert-OH is 1. The van der Waals surface area contributed by atoms with Crippen LogP contribution in [0.2, 0.25) is 0 Å². The number of anilines is 1. The molecule has 29 heavy (non-hydrogen) atoms. The number of nitrogens with one attached hydrogen (secondary N) is 1. The maximum absolute atomic E-state index is 12.1. The van der Waals surface area contributed by atoms with Gasteiger partial charge in [-0.3, -0.25) is 9.69 Å². The second-order valence-electron chi connectivity index (χ2n) is 7.79. The predicted molar refractivity (Wildman–Crippen MR) is 119 cm³/mol. The van der Waals surface area contributed by atoms with Gasteiger partial charge in [-0.1, -0.05) is 30.3 Å². The van der Waals surface area contributed by atoms with E-state index in [0.717, 1.165) is 31.7 Å². The zero-order valence-corrected chi connectivity index (χ0v) is 17.8. The Hall–Kier alpha value is -2.08. The molecule has 2 aromatic rings. The summed E-state index contributed by atoms with van der Waals surface area (Å²) in [7, 11) is 2.08. The number of carbonyl (C=O) groups is 1. The molecule has 1 heterocycles. The average molecular weight is 416 g/mol. The average Bonchev–Trinajstić information content (AvgIpc) is 3.16. The lowest BCUT2D eigenvalue weighted by molar-refractivity contribution is 0.0924. The molecule has 1 saturated heterocycles. The molecule has 0 radical (unpaired) electrons. The molecule has 0 spiro atoms. The Labute approximate surface area is 178 Å². The molecule has 6 heteroatoms. The molecule has 0 bridgehead atoms. The smallest absolute Gasteiger partial charge is 0.251 e. The van der Waals surface area contributed by atoms with Gasteiger partial charge >= 0.3 is 0 Å². The van der Waals surface area contributed by atoms with Gasteiger partial charge in [0.15, 0.2) is 0 Å². The molecule has 0 aromatic heterocycles. The Morgan fingerprint density at radius 2 is 1.93 bits per heavy atom. The summed E-state index contributed by atoms with van der Waals surface area (Å²) in [5.74, 6) is -0.174. The molecule has 1 fully saturated rings. The Balaban J connectivity index is 1.69. The van der Waals surface area contributed by atoms with Crippen LogP contribution in [0.15, 0.2) is 54.6 Å². The van der Waals surface area contributed by atoms with Crippen LogP contribution in [0.1, 0.15) is 35.3 Å². The maximum Gasteiger partial charge on any atom is 0.251 e. The normalized spacial score (nSPS) is 19.0. The monoisotopic (exact) mass is 415 g/mol. The SMILES string of the molecule is C[C@@H](O)CNC(=O)c1ccc(N(C)C[C@@H](c2ccccc2)N2CC[C@H](Cl)C2)cc1. The Morgan fingerprint density at radius 1 is 1.24 bits per heavy atom. The molecule has 1 amide bonds. The van der Waals surface area contributed by atoms with Crippen LogP contribution < -0.4 is 10.2 Å². The molecule has 5 nitrogen and oxygen atoms in total. The van der Waals surface area contributed by atoms with Crippen LogP contribution in [0.4, 0.5) is 5.69 Å². The highest BCUT2D eigenvalue weighted by atomic mass is 35.5. The number of halogens is 1. The second-order valence-corrected chi connectivity index (χ2v) is 8.41. The summed E-state index contributed by atoms with van der Waals surface area (Å²) >= 11 is 6.38. The highest BCUT2D eigenvalue weighted by Crippen LogP contribution is 2.29. The second kappa shape index (κ2) is 10.1. The third kappa shape index (κ3) is 5.95. The third-order valence-electron chi connectivity index (χ3n) is 5.36. The number of nitrogens with zero attached hydrogens (tertiary/aromatic N) is 2. The number of hydrogen-bond acceptors (Lipinski definition) is 4. The van der Waals surface area contributed by atoms with Crippen LogP contribution >= 0.6 is 11.6 Å². The van der Waals surface area contributed by atoms with Crippen LogP contribution in [0, 0.1) is 0 Å². The molecule has 2 N–H and O–H groups in total. The zero-order chi connectivity index (χ0) is 20.8. The minimum atomic E-state index is -0.558. The van der Waals surface area contributed by atoms with Crippen molar-refractivity contribution in [2.75, 3.05) is 38.1 Å². The van der Waals surface area contributed by atoms with Gasteiger partial charge in [-0.05, 0) is 43.2 Å². The molecule has 3 rings (SSSR count). The first kappa shape index (κ1) is 21.6. The molecule has 3 atom stereocenters. The maximum atomic E-state index is 12.1. The van der Waals surface area contributed by atoms with Crippen LogP contribution in [0.5, 0.6) is 0 Å². The van der Waals surface area contributed by atoms with E-state index in [9.17, 15) is 9.90 Å². The lowest BCUT2D eigenvalue weighted by Gasteiger charge is -2.33. The topological polar surface area (TPSA) is 55.8 Å². The van der Waals surface area contributed by atoms with Crippen LogP contribution in [0.25, 0.3) is 0 Å². The zero-order valence-electron chi connectivity index (χ0n) is 17.1. The quantitative estimate of drug-likeness (QED) is 0.649. The number of carbonyl (C=O) groups excluding carboxylic acids is 1. The first-order valence-corrected chi connectivity index (χ1v) is 10.6. The van der Waals surface area contributed by atoms with Crippen molar-refractivity contribution in [2.24, 2.45) is 0 Å². The van der Waals surface area contributed by atoms with E-state index < -0.39 is 6.10 Å². The molecule has 1 aliphatic heterocycles. The molecular weight excluding hydrogens is 386 g/mol. The summed E-state index contributed by atoms with van der Waals surface area (Å²) in [5.41, 5.74) is 2.94. The van der Waals surface area contributed by atoms with Crippen LogP contribution in [-0.2, 0) is 0 Å². The highest BCUT2D eigenvalue weighted by Gasteiger charge is 2.29. The number of benzene rings is 2. The van der Waals surface area contributed by atoms with Gasteiger partial charge in [0.25, 0.3) is 5.91 Å². The third-order valence-corrected chi connectivity index (χ3v) is 5.72. The molecule has 0 saturated carbocycles. The predicted octanol–water partition coefficient (Wildman–Crippen LogP) is 3.29. The fourth-order valence-electron chi connectivity index (χ4n) is 3.71. The van der Waals surface area contributed by atoms with Crippen molar-refractivity contribution in [1.29, 1.82) is 0 Å². The fraction of sp³-hybridized carbons (Fsp3) is 0.435. The molecule has 0 aliphatic carbocycles. The lowest BCUT2D eigenvalue weighted by atomic mass is 10.0. The van der Waals surface area contributed by atoms with Crippen molar-refractivity contribution in [3.63, 3.8) is 0 Å². The van der Waals surface area contributed by atoms with Gasteiger partial charge in [0.2, 0.25) is 0 Å². The van der Waals surface area contributed by atoms with E-state index in [1.165, 1.54) is 5.56 Å². The van der Waals surface area contributed by atoms with Crippen molar-refractivity contribution < 1.29 is 9.90 Å². The number of likely N-dealkylation sites (tertiary alicyclic amines) is 1. The van der Waals surface area contributed by atoms with Gasteiger partial charge in [-0.25, -0.2) is 0 Å². The summed E-state index contributed by atoms with van der Waals surface area (Å²) in [6.07, 6.45) is 0.461. The molecule has 0 unspecified atom stereocenters. The molecule has 1 aliphatic rings. The van der Waals surface area contributed by atoms with Crippen molar-refractivity contribution in [3.05, 3.63) is 65.7 Å². The van der Waals surface area contributed by atoms with E-state index >= 15 is 0 Å². The number of rotatable bonds is 8. The van der Waals surface area contributed by atoms with Gasteiger partial charge < -0.3 is 15.3 Å². The van der Waals surface area contributed by atoms with Crippen molar-refractivity contribution in [3.8, 4) is 0 Å². The van der Waals surface area contributed by atoms with Gasteiger partial charge in [-0.15, -0.1) is 11.6 Å². The molecule has 2 aromatic carbocycles. The van der Waals surface area contributed by atoms with E-state index in [1.807, 2.05) is 30.3 Å². The van der Waals surface area contributed by atoms with E-state index in [2.05, 4.69) is 46.4 Å². The first-order valence-electron chi connectivity index (χ1n) is 10.1. The highest BCUT2D eigenvalue weighted by molar-refractivity contribution is 6.20. The minimum absolute atomic E-state index is 0.174. The summed E-state index contributed by atoms with van der Waals surface area (Å²) < 4.78 is 0. The van der Waals surface area contributed by atoms with Crippen molar-refractivity contribution >= 4 is 23.2 Å². The van der Waals surface area contributed by atoms with E-state index in [0.29, 0.717) is 5.56 Å². The number of alkyl halides is 1. The first-order chi connectivity index (χ1) is 13.9. The van der Waals surface area contributed by atoms with Crippen molar-refractivity contribution in [1.82, 2.24) is 10.2 Å². The van der Waals surface area contributed by atoms with Gasteiger partial charge in [0.1, 0.15) is 0 Å². The summed E-state index contributed by atoms with van der Waals surface area (Å²) in [6.45, 7) is 4.63. The molecule has 156 valence electrons. The minimum Gasteiger partial charge on any atom is -0.392 e. The van der Waals surface area contributed by atoms with Crippen LogP contribution in [0.3, 0.4) is 0 Å². The van der Waals surface area contributed by atoms with Gasteiger partial charge in [0.05, 0.1) is 12.1 Å². The van der Waals surface area contributed by atoms with E-state index in [-0.39, 0.29) is 23.9 Å². The van der Waals surface area contributed by atoms with Gasteiger partial charge in [-0.2, -0.15) is 0 Å². The summed E-state index contributed by atoms with van der Waals surface area (Å²) in [6, 6.07) is 18.4. The Kier molecular flexibility index (Phi) is 7.53. The lowest BCUT2D eigenvalue weighted by Crippen LogP contribution is -2.36. The Bertz CT molecular complexity index is 782. The Morgan fingerprint density at radius 3 is 2.52 bits per heavy atom. The summed E-state index contributed by atoms with van der Waals surface area (Å²) in [4.78, 5) is 16.8. The molecular formula is C23H30ClN3O2. The number of aliphatic hydroxyl groups is 1. The van der Waals surface area contributed by atoms with Crippen LogP contribution in [-0.4, -0.2) is 60.6 Å². The standard InChI is InChI=1S/C23H30ClN3O2/c1-17(28)14-25-23(29)19-8-10-21(11-9-19)26(2)16-22(18-6-4-3-5-7-18)27-13-12-20(24)15-27/h3-11,17,20,22,28H,12-16H2,1-2H3,(H,25,29)/t17-,20+,22+/m1/s1.